The zero-order chi connectivity index (χ0) is 21.7. The third kappa shape index (κ3) is 4.86. The van der Waals surface area contributed by atoms with Crippen LogP contribution in [0, 0.1) is 0 Å². The molecule has 1 heterocycles. The monoisotopic (exact) mass is 411 g/mol. The van der Waals surface area contributed by atoms with Crippen LogP contribution in [0.5, 0.6) is 17.2 Å². The molecule has 7 heteroatoms. The maximum Gasteiger partial charge on any atom is 0.228 e. The van der Waals surface area contributed by atoms with E-state index in [9.17, 15) is 4.79 Å². The molecule has 1 aromatic heterocycles. The summed E-state index contributed by atoms with van der Waals surface area (Å²) in [4.78, 5) is 14.8. The Kier molecular flexibility index (Phi) is 6.84. The van der Waals surface area contributed by atoms with Gasteiger partial charge in [0.15, 0.2) is 11.5 Å². The van der Waals surface area contributed by atoms with Gasteiger partial charge in [-0.3, -0.25) is 4.79 Å². The molecule has 3 rings (SSSR count). The average Bonchev–Trinajstić information content (AvgIpc) is 3.13. The lowest BCUT2D eigenvalue weighted by molar-refractivity contribution is -0.115. The van der Waals surface area contributed by atoms with Crippen LogP contribution < -0.4 is 19.5 Å². The summed E-state index contributed by atoms with van der Waals surface area (Å²) >= 11 is 0. The number of anilines is 1. The summed E-state index contributed by atoms with van der Waals surface area (Å²) in [5.41, 5.74) is 2.70. The molecule has 0 unspecified atom stereocenters. The maximum atomic E-state index is 12.6. The molecule has 7 nitrogen and oxygen atoms in total. The van der Waals surface area contributed by atoms with Crippen molar-refractivity contribution in [2.45, 2.75) is 13.0 Å². The molecular weight excluding hydrogens is 382 g/mol. The van der Waals surface area contributed by atoms with Crippen molar-refractivity contribution < 1.29 is 19.0 Å². The normalized spacial score (nSPS) is 11.0. The number of amides is 1. The molecule has 0 saturated heterocycles. The molecule has 0 aliphatic rings. The van der Waals surface area contributed by atoms with Gasteiger partial charge in [0.05, 0.1) is 27.8 Å². The minimum Gasteiger partial charge on any atom is -0.493 e. The van der Waals surface area contributed by atoms with Crippen molar-refractivity contribution >= 4 is 22.5 Å². The number of aromatic nitrogens is 1. The van der Waals surface area contributed by atoms with Crippen LogP contribution in [0.2, 0.25) is 0 Å². The van der Waals surface area contributed by atoms with E-state index in [1.165, 1.54) is 0 Å². The quantitative estimate of drug-likeness (QED) is 0.585. The Morgan fingerprint density at radius 1 is 1.00 bits per heavy atom. The van der Waals surface area contributed by atoms with Crippen LogP contribution in [0.4, 0.5) is 5.69 Å². The zero-order valence-corrected chi connectivity index (χ0v) is 18.2. The molecule has 1 amide bonds. The first-order valence-electron chi connectivity index (χ1n) is 9.77. The number of carbonyl (C=O) groups is 1. The Morgan fingerprint density at radius 3 is 2.30 bits per heavy atom. The number of methoxy groups -OCH3 is 3. The Labute approximate surface area is 177 Å². The Bertz CT molecular complexity index is 1000. The number of rotatable bonds is 9. The van der Waals surface area contributed by atoms with Crippen molar-refractivity contribution in [3.8, 4) is 17.2 Å². The second-order valence-corrected chi connectivity index (χ2v) is 7.34. The zero-order valence-electron chi connectivity index (χ0n) is 18.2. The van der Waals surface area contributed by atoms with E-state index < -0.39 is 0 Å². The van der Waals surface area contributed by atoms with Crippen LogP contribution in [0.15, 0.2) is 42.6 Å². The Hall–Kier alpha value is -3.19. The number of carbonyl (C=O) groups excluding carboxylic acids is 1. The molecule has 1 N–H and O–H groups in total. The lowest BCUT2D eigenvalue weighted by atomic mass is 10.1. The second-order valence-electron chi connectivity index (χ2n) is 7.34. The van der Waals surface area contributed by atoms with Gasteiger partial charge in [-0.15, -0.1) is 0 Å². The molecule has 30 heavy (non-hydrogen) atoms. The summed E-state index contributed by atoms with van der Waals surface area (Å²) in [5.74, 6) is 1.45. The largest absolute Gasteiger partial charge is 0.493 e. The SMILES string of the molecule is COc1cc(CC(=O)Nc2ccc3c(ccn3CCN(C)C)c2)cc(OC)c1OC. The number of likely N-dealkylation sites (N-methyl/N-ethyl adjacent to an activating group) is 1. The molecule has 0 saturated carbocycles. The first-order valence-corrected chi connectivity index (χ1v) is 9.77. The molecule has 0 aliphatic carbocycles. The number of nitrogens with one attached hydrogen (secondary N) is 1. The highest BCUT2D eigenvalue weighted by Crippen LogP contribution is 2.38. The van der Waals surface area contributed by atoms with Gasteiger partial charge >= 0.3 is 0 Å². The van der Waals surface area contributed by atoms with Crippen molar-refractivity contribution in [2.75, 3.05) is 47.3 Å². The van der Waals surface area contributed by atoms with E-state index in [0.717, 1.165) is 35.2 Å². The van der Waals surface area contributed by atoms with Gasteiger partial charge in [0.1, 0.15) is 0 Å². The molecule has 0 spiro atoms. The summed E-state index contributed by atoms with van der Waals surface area (Å²) in [6.45, 7) is 1.89. The third-order valence-electron chi connectivity index (χ3n) is 4.93. The van der Waals surface area contributed by atoms with Crippen molar-refractivity contribution in [3.05, 3.63) is 48.2 Å². The van der Waals surface area contributed by atoms with E-state index in [1.807, 2.05) is 18.2 Å². The number of hydrogen-bond acceptors (Lipinski definition) is 5. The lowest BCUT2D eigenvalue weighted by Crippen LogP contribution is -2.17. The number of ether oxygens (including phenoxy) is 3. The number of hydrogen-bond donors (Lipinski definition) is 1. The third-order valence-corrected chi connectivity index (χ3v) is 4.93. The van der Waals surface area contributed by atoms with Gasteiger partial charge in [-0.25, -0.2) is 0 Å². The minimum absolute atomic E-state index is 0.115. The molecular formula is C23H29N3O4. The van der Waals surface area contributed by atoms with Gasteiger partial charge in [-0.1, -0.05) is 0 Å². The van der Waals surface area contributed by atoms with E-state index in [1.54, 1.807) is 33.5 Å². The van der Waals surface area contributed by atoms with Crippen molar-refractivity contribution in [1.29, 1.82) is 0 Å². The highest BCUT2D eigenvalue weighted by Gasteiger charge is 2.15. The van der Waals surface area contributed by atoms with Gasteiger partial charge < -0.3 is 29.0 Å². The van der Waals surface area contributed by atoms with E-state index in [-0.39, 0.29) is 12.3 Å². The van der Waals surface area contributed by atoms with Gasteiger partial charge in [0.2, 0.25) is 11.7 Å². The van der Waals surface area contributed by atoms with Crippen LogP contribution in [-0.2, 0) is 17.8 Å². The van der Waals surface area contributed by atoms with E-state index in [4.69, 9.17) is 14.2 Å². The van der Waals surface area contributed by atoms with Crippen LogP contribution in [0.3, 0.4) is 0 Å². The fourth-order valence-electron chi connectivity index (χ4n) is 3.41. The van der Waals surface area contributed by atoms with Crippen LogP contribution in [0.25, 0.3) is 10.9 Å². The van der Waals surface area contributed by atoms with Crippen molar-refractivity contribution in [3.63, 3.8) is 0 Å². The second kappa shape index (κ2) is 9.54. The number of benzene rings is 2. The summed E-state index contributed by atoms with van der Waals surface area (Å²) in [6.07, 6.45) is 2.27. The summed E-state index contributed by atoms with van der Waals surface area (Å²) in [5, 5.41) is 4.07. The summed E-state index contributed by atoms with van der Waals surface area (Å²) < 4.78 is 18.3. The molecule has 0 fully saturated rings. The first kappa shape index (κ1) is 21.5. The number of fused-ring (bicyclic) bond motifs is 1. The van der Waals surface area contributed by atoms with Gasteiger partial charge in [0.25, 0.3) is 0 Å². The molecule has 3 aromatic rings. The van der Waals surface area contributed by atoms with E-state index in [0.29, 0.717) is 17.2 Å². The van der Waals surface area contributed by atoms with E-state index >= 15 is 0 Å². The maximum absolute atomic E-state index is 12.6. The standard InChI is InChI=1S/C23H29N3O4/c1-25(2)10-11-26-9-8-17-15-18(6-7-19(17)26)24-22(27)14-16-12-20(28-3)23(30-5)21(13-16)29-4/h6-9,12-13,15H,10-11,14H2,1-5H3,(H,24,27). The fraction of sp³-hybridized carbons (Fsp3) is 0.348. The smallest absolute Gasteiger partial charge is 0.228 e. The number of nitrogens with zero attached hydrogens (tertiary/aromatic N) is 2. The van der Waals surface area contributed by atoms with Crippen molar-refractivity contribution in [1.82, 2.24) is 9.47 Å². The Balaban J connectivity index is 1.72. The minimum atomic E-state index is -0.115. The lowest BCUT2D eigenvalue weighted by Gasteiger charge is -2.14. The van der Waals surface area contributed by atoms with Crippen LogP contribution in [-0.4, -0.2) is 57.3 Å². The first-order chi connectivity index (χ1) is 14.4. The van der Waals surface area contributed by atoms with E-state index in [2.05, 4.69) is 41.1 Å². The molecule has 2 aromatic carbocycles. The average molecular weight is 412 g/mol. The summed E-state index contributed by atoms with van der Waals surface area (Å²) in [7, 11) is 8.79. The highest BCUT2D eigenvalue weighted by molar-refractivity contribution is 5.95. The predicted octanol–water partition coefficient (Wildman–Crippen LogP) is 3.41. The van der Waals surface area contributed by atoms with Gasteiger partial charge in [-0.05, 0) is 56.1 Å². The Morgan fingerprint density at radius 2 is 1.70 bits per heavy atom. The van der Waals surface area contributed by atoms with Crippen LogP contribution >= 0.6 is 0 Å². The van der Waals surface area contributed by atoms with Crippen LogP contribution in [0.1, 0.15) is 5.56 Å². The molecule has 160 valence electrons. The highest BCUT2D eigenvalue weighted by atomic mass is 16.5. The predicted molar refractivity (Wildman–Crippen MR) is 119 cm³/mol. The molecule has 0 bridgehead atoms. The van der Waals surface area contributed by atoms with Gasteiger partial charge in [-0.2, -0.15) is 0 Å². The fourth-order valence-corrected chi connectivity index (χ4v) is 3.41. The molecule has 0 radical (unpaired) electrons. The van der Waals surface area contributed by atoms with Gasteiger partial charge in [0, 0.05) is 35.9 Å². The summed E-state index contributed by atoms with van der Waals surface area (Å²) in [6, 6.07) is 11.6. The topological polar surface area (TPSA) is 65.0 Å². The molecule has 0 aliphatic heterocycles. The van der Waals surface area contributed by atoms with Crippen molar-refractivity contribution in [2.24, 2.45) is 0 Å². The molecule has 0 atom stereocenters.